The highest BCUT2D eigenvalue weighted by Gasteiger charge is 2.18. The molecule has 2 aromatic carbocycles. The highest BCUT2D eigenvalue weighted by atomic mass is 35.5. The van der Waals surface area contributed by atoms with E-state index in [0.29, 0.717) is 11.7 Å². The second-order valence-electron chi connectivity index (χ2n) is 6.33. The van der Waals surface area contributed by atoms with Crippen molar-refractivity contribution in [3.63, 3.8) is 0 Å². The summed E-state index contributed by atoms with van der Waals surface area (Å²) in [6.07, 6.45) is 1.92. The van der Waals surface area contributed by atoms with Crippen molar-refractivity contribution >= 4 is 43.8 Å². The highest BCUT2D eigenvalue weighted by Crippen LogP contribution is 2.32. The fourth-order valence-corrected chi connectivity index (χ4v) is 4.92. The van der Waals surface area contributed by atoms with Crippen LogP contribution in [0, 0.1) is 0 Å². The van der Waals surface area contributed by atoms with Crippen molar-refractivity contribution < 1.29 is 17.9 Å². The summed E-state index contributed by atoms with van der Waals surface area (Å²) in [5.41, 5.74) is 3.04. The second kappa shape index (κ2) is 7.20. The van der Waals surface area contributed by atoms with Gasteiger partial charge >= 0.3 is 0 Å². The van der Waals surface area contributed by atoms with Gasteiger partial charge in [0.25, 0.3) is 5.91 Å². The Hall–Kier alpha value is -2.42. The van der Waals surface area contributed by atoms with E-state index in [2.05, 4.69) is 10.3 Å². The lowest BCUT2D eigenvalue weighted by atomic mass is 10.1. The van der Waals surface area contributed by atoms with E-state index in [9.17, 15) is 13.2 Å². The number of rotatable bonds is 4. The third-order valence-electron chi connectivity index (χ3n) is 4.30. The summed E-state index contributed by atoms with van der Waals surface area (Å²) in [5.74, 6) is 0.446. The Bertz CT molecular complexity index is 1190. The summed E-state index contributed by atoms with van der Waals surface area (Å²) in [6, 6.07) is 10.0. The van der Waals surface area contributed by atoms with Crippen LogP contribution in [-0.4, -0.2) is 32.2 Å². The van der Waals surface area contributed by atoms with Gasteiger partial charge in [-0.2, -0.15) is 0 Å². The molecule has 144 valence electrons. The number of halogens is 1. The van der Waals surface area contributed by atoms with Crippen molar-refractivity contribution in [2.24, 2.45) is 0 Å². The molecule has 9 heteroatoms. The van der Waals surface area contributed by atoms with Gasteiger partial charge in [-0.3, -0.25) is 10.1 Å². The van der Waals surface area contributed by atoms with Gasteiger partial charge in [-0.25, -0.2) is 13.4 Å². The molecule has 1 N–H and O–H groups in total. The van der Waals surface area contributed by atoms with Gasteiger partial charge in [0, 0.05) is 29.2 Å². The predicted octanol–water partition coefficient (Wildman–Crippen LogP) is 4.05. The van der Waals surface area contributed by atoms with Gasteiger partial charge in [0.2, 0.25) is 0 Å². The lowest BCUT2D eigenvalue weighted by Gasteiger charge is -2.06. The van der Waals surface area contributed by atoms with Gasteiger partial charge in [-0.1, -0.05) is 11.6 Å². The minimum absolute atomic E-state index is 0.0798. The minimum atomic E-state index is -3.53. The molecule has 0 radical (unpaired) electrons. The van der Waals surface area contributed by atoms with E-state index >= 15 is 0 Å². The molecule has 28 heavy (non-hydrogen) atoms. The quantitative estimate of drug-likeness (QED) is 0.669. The molecule has 4 rings (SSSR count). The topological polar surface area (TPSA) is 85.4 Å². The zero-order valence-corrected chi connectivity index (χ0v) is 17.1. The molecule has 1 amide bonds. The number of carbonyl (C=O) groups is 1. The lowest BCUT2D eigenvalue weighted by Crippen LogP contribution is -2.12. The standard InChI is InChI=1S/C19H15ClN2O4S2/c1-28(24,25)17-9-13(2-4-14(17)20)18(23)22-19-21-15(10-27-19)11-3-5-16-12(8-11)6-7-26-16/h2-5,8-10H,6-7H2,1H3,(H,21,22,23). The number of thiazole rings is 1. The van der Waals surface area contributed by atoms with Crippen LogP contribution in [0.25, 0.3) is 11.3 Å². The van der Waals surface area contributed by atoms with E-state index in [-0.39, 0.29) is 15.5 Å². The molecule has 0 bridgehead atoms. The van der Waals surface area contributed by atoms with Crippen molar-refractivity contribution in [2.45, 2.75) is 11.3 Å². The van der Waals surface area contributed by atoms with E-state index in [4.69, 9.17) is 16.3 Å². The molecule has 0 aliphatic carbocycles. The molecule has 1 aliphatic heterocycles. The summed E-state index contributed by atoms with van der Waals surface area (Å²) in [5, 5.41) is 5.07. The van der Waals surface area contributed by atoms with Crippen LogP contribution in [0.15, 0.2) is 46.7 Å². The van der Waals surface area contributed by atoms with E-state index in [1.807, 2.05) is 23.6 Å². The number of nitrogens with zero attached hydrogens (tertiary/aromatic N) is 1. The number of fused-ring (bicyclic) bond motifs is 1. The Balaban J connectivity index is 1.55. The number of sulfone groups is 1. The first-order valence-corrected chi connectivity index (χ1v) is 11.5. The minimum Gasteiger partial charge on any atom is -0.493 e. The van der Waals surface area contributed by atoms with Crippen molar-refractivity contribution in [1.29, 1.82) is 0 Å². The molecule has 1 aromatic heterocycles. The van der Waals surface area contributed by atoms with Gasteiger partial charge < -0.3 is 4.74 Å². The van der Waals surface area contributed by atoms with E-state index in [1.165, 1.54) is 29.5 Å². The number of hydrogen-bond acceptors (Lipinski definition) is 6. The number of hydrogen-bond donors (Lipinski definition) is 1. The fourth-order valence-electron chi connectivity index (χ4n) is 2.91. The maximum Gasteiger partial charge on any atom is 0.257 e. The Morgan fingerprint density at radius 3 is 2.86 bits per heavy atom. The molecular weight excluding hydrogens is 420 g/mol. The van der Waals surface area contributed by atoms with Crippen LogP contribution in [0.1, 0.15) is 15.9 Å². The third kappa shape index (κ3) is 3.76. The van der Waals surface area contributed by atoms with Crippen LogP contribution in [0.3, 0.4) is 0 Å². The predicted molar refractivity (Wildman–Crippen MR) is 109 cm³/mol. The number of ether oxygens (including phenoxy) is 1. The SMILES string of the molecule is CS(=O)(=O)c1cc(C(=O)Nc2nc(-c3ccc4c(c3)CCO4)cs2)ccc1Cl. The number of amides is 1. The Labute approximate surface area is 171 Å². The summed E-state index contributed by atoms with van der Waals surface area (Å²) in [7, 11) is -3.53. The molecule has 0 unspecified atom stereocenters. The monoisotopic (exact) mass is 434 g/mol. The number of nitrogens with one attached hydrogen (secondary N) is 1. The molecule has 0 fully saturated rings. The number of benzene rings is 2. The van der Waals surface area contributed by atoms with Crippen molar-refractivity contribution in [3.8, 4) is 17.0 Å². The first-order valence-electron chi connectivity index (χ1n) is 8.34. The Morgan fingerprint density at radius 2 is 2.07 bits per heavy atom. The molecule has 1 aliphatic rings. The fraction of sp³-hybridized carbons (Fsp3) is 0.158. The normalized spacial score (nSPS) is 13.1. The number of carbonyl (C=O) groups excluding carboxylic acids is 1. The zero-order valence-electron chi connectivity index (χ0n) is 14.7. The van der Waals surface area contributed by atoms with E-state index < -0.39 is 15.7 Å². The molecule has 2 heterocycles. The first kappa shape index (κ1) is 18.9. The third-order valence-corrected chi connectivity index (χ3v) is 6.64. The zero-order chi connectivity index (χ0) is 19.9. The van der Waals surface area contributed by atoms with Crippen LogP contribution < -0.4 is 10.1 Å². The summed E-state index contributed by atoms with van der Waals surface area (Å²) >= 11 is 7.22. The molecule has 0 saturated carbocycles. The molecule has 3 aromatic rings. The van der Waals surface area contributed by atoms with E-state index in [0.717, 1.165) is 35.2 Å². The second-order valence-corrected chi connectivity index (χ2v) is 9.58. The van der Waals surface area contributed by atoms with Crippen molar-refractivity contribution in [2.75, 3.05) is 18.2 Å². The summed E-state index contributed by atoms with van der Waals surface area (Å²) < 4.78 is 29.1. The first-order chi connectivity index (χ1) is 13.3. The largest absolute Gasteiger partial charge is 0.493 e. The summed E-state index contributed by atoms with van der Waals surface area (Å²) in [4.78, 5) is 16.9. The lowest BCUT2D eigenvalue weighted by molar-refractivity contribution is 0.102. The summed E-state index contributed by atoms with van der Waals surface area (Å²) in [6.45, 7) is 0.688. The van der Waals surface area contributed by atoms with Gasteiger partial charge in [0.05, 0.1) is 22.2 Å². The molecule has 0 atom stereocenters. The number of anilines is 1. The molecule has 0 saturated heterocycles. The average Bonchev–Trinajstić information content (AvgIpc) is 3.29. The van der Waals surface area contributed by atoms with Crippen molar-refractivity contribution in [3.05, 3.63) is 57.9 Å². The van der Waals surface area contributed by atoms with Crippen LogP contribution in [0.2, 0.25) is 5.02 Å². The van der Waals surface area contributed by atoms with E-state index in [1.54, 1.807) is 0 Å². The Morgan fingerprint density at radius 1 is 1.25 bits per heavy atom. The number of aromatic nitrogens is 1. The van der Waals surface area contributed by atoms with Gasteiger partial charge in [0.1, 0.15) is 5.75 Å². The van der Waals surface area contributed by atoms with Crippen LogP contribution in [0.5, 0.6) is 5.75 Å². The molecular formula is C19H15ClN2O4S2. The van der Waals surface area contributed by atoms with Gasteiger partial charge in [-0.15, -0.1) is 11.3 Å². The smallest absolute Gasteiger partial charge is 0.257 e. The maximum absolute atomic E-state index is 12.5. The highest BCUT2D eigenvalue weighted by molar-refractivity contribution is 7.90. The molecule has 6 nitrogen and oxygen atoms in total. The van der Waals surface area contributed by atoms with Crippen LogP contribution in [-0.2, 0) is 16.3 Å². The van der Waals surface area contributed by atoms with Gasteiger partial charge in [-0.05, 0) is 42.0 Å². The maximum atomic E-state index is 12.5. The average molecular weight is 435 g/mol. The van der Waals surface area contributed by atoms with Crippen molar-refractivity contribution in [1.82, 2.24) is 4.98 Å². The van der Waals surface area contributed by atoms with Gasteiger partial charge in [0.15, 0.2) is 15.0 Å². The van der Waals surface area contributed by atoms with Crippen LogP contribution >= 0.6 is 22.9 Å². The molecule has 0 spiro atoms. The van der Waals surface area contributed by atoms with Crippen LogP contribution in [0.4, 0.5) is 5.13 Å². The Kier molecular flexibility index (Phi) is 4.86.